The molecule has 1 aliphatic heterocycles. The number of primary amides is 1. The summed E-state index contributed by atoms with van der Waals surface area (Å²) in [6, 6.07) is 8.24. The van der Waals surface area contributed by atoms with Gasteiger partial charge >= 0.3 is 6.03 Å². The van der Waals surface area contributed by atoms with Gasteiger partial charge in [0, 0.05) is 25.3 Å². The molecule has 0 atom stereocenters. The van der Waals surface area contributed by atoms with Gasteiger partial charge in [0.25, 0.3) is 0 Å². The Bertz CT molecular complexity index is 626. The van der Waals surface area contributed by atoms with Crippen molar-refractivity contribution in [1.29, 1.82) is 0 Å². The van der Waals surface area contributed by atoms with Crippen molar-refractivity contribution in [2.24, 2.45) is 5.73 Å². The van der Waals surface area contributed by atoms with E-state index in [0.717, 1.165) is 38.8 Å². The number of aryl methyl sites for hydroxylation is 1. The lowest BCUT2D eigenvalue weighted by Gasteiger charge is -2.31. The molecule has 6 nitrogen and oxygen atoms in total. The van der Waals surface area contributed by atoms with E-state index < -0.39 is 11.4 Å². The summed E-state index contributed by atoms with van der Waals surface area (Å²) in [6.07, 6.45) is 6.32. The van der Waals surface area contributed by atoms with Gasteiger partial charge in [-0.15, -0.1) is 0 Å². The number of rotatable bonds is 6. The molecule has 1 aromatic rings. The summed E-state index contributed by atoms with van der Waals surface area (Å²) in [7, 11) is 0. The number of para-hydroxylation sites is 1. The minimum atomic E-state index is -0.851. The van der Waals surface area contributed by atoms with Gasteiger partial charge in [-0.05, 0) is 43.7 Å². The molecule has 0 aromatic heterocycles. The van der Waals surface area contributed by atoms with E-state index in [1.807, 2.05) is 0 Å². The molecule has 2 aliphatic rings. The number of benzene rings is 1. The lowest BCUT2D eigenvalue weighted by molar-refractivity contribution is -0.123. The molecule has 1 heterocycles. The van der Waals surface area contributed by atoms with E-state index in [1.54, 1.807) is 0 Å². The van der Waals surface area contributed by atoms with Crippen molar-refractivity contribution in [2.45, 2.75) is 50.5 Å². The molecule has 3 rings (SSSR count). The lowest BCUT2D eigenvalue weighted by atomic mass is 9.97. The number of hydrogen-bond acceptors (Lipinski definition) is 3. The standard InChI is InChI=1S/C19H28N4O2/c20-17(24)19(10-3-4-11-19)22-18(25)21-12-6-14-23-13-5-8-15-7-1-2-9-16(15)23/h1-2,7,9H,3-6,8,10-14H2,(H2,20,24)(H2,21,22,25). The van der Waals surface area contributed by atoms with Gasteiger partial charge in [0.15, 0.2) is 0 Å². The van der Waals surface area contributed by atoms with Crippen molar-refractivity contribution in [3.8, 4) is 0 Å². The third-order valence-corrected chi connectivity index (χ3v) is 5.38. The predicted octanol–water partition coefficient (Wildman–Crippen LogP) is 1.93. The first-order chi connectivity index (χ1) is 12.1. The summed E-state index contributed by atoms with van der Waals surface area (Å²) < 4.78 is 0. The number of hydrogen-bond donors (Lipinski definition) is 3. The number of nitrogens with one attached hydrogen (secondary N) is 2. The fourth-order valence-electron chi connectivity index (χ4n) is 3.99. The molecular weight excluding hydrogens is 316 g/mol. The average molecular weight is 344 g/mol. The molecule has 1 aliphatic carbocycles. The number of urea groups is 1. The number of nitrogens with zero attached hydrogens (tertiary/aromatic N) is 1. The topological polar surface area (TPSA) is 87.5 Å². The zero-order valence-corrected chi connectivity index (χ0v) is 14.7. The molecule has 25 heavy (non-hydrogen) atoms. The molecule has 0 saturated heterocycles. The zero-order valence-electron chi connectivity index (χ0n) is 14.7. The van der Waals surface area contributed by atoms with E-state index in [1.165, 1.54) is 17.7 Å². The van der Waals surface area contributed by atoms with Gasteiger partial charge in [-0.25, -0.2) is 4.79 Å². The van der Waals surface area contributed by atoms with Gasteiger partial charge in [-0.3, -0.25) is 4.79 Å². The Morgan fingerprint density at radius 3 is 2.68 bits per heavy atom. The van der Waals surface area contributed by atoms with Crippen molar-refractivity contribution >= 4 is 17.6 Å². The number of carbonyl (C=O) groups excluding carboxylic acids is 2. The number of anilines is 1. The molecular formula is C19H28N4O2. The molecule has 4 N–H and O–H groups in total. The van der Waals surface area contributed by atoms with Crippen molar-refractivity contribution < 1.29 is 9.59 Å². The fraction of sp³-hybridized carbons (Fsp3) is 0.579. The van der Waals surface area contributed by atoms with Crippen LogP contribution in [0.1, 0.15) is 44.1 Å². The van der Waals surface area contributed by atoms with Crippen LogP contribution in [-0.4, -0.2) is 37.1 Å². The van der Waals surface area contributed by atoms with Gasteiger partial charge in [-0.2, -0.15) is 0 Å². The van der Waals surface area contributed by atoms with Crippen LogP contribution >= 0.6 is 0 Å². The maximum Gasteiger partial charge on any atom is 0.315 e. The molecule has 1 fully saturated rings. The monoisotopic (exact) mass is 344 g/mol. The highest BCUT2D eigenvalue weighted by Crippen LogP contribution is 2.29. The minimum absolute atomic E-state index is 0.292. The third-order valence-electron chi connectivity index (χ3n) is 5.38. The normalized spacial score (nSPS) is 18.5. The second kappa shape index (κ2) is 7.76. The minimum Gasteiger partial charge on any atom is -0.371 e. The fourth-order valence-corrected chi connectivity index (χ4v) is 3.99. The number of amides is 3. The Balaban J connectivity index is 1.43. The zero-order chi connectivity index (χ0) is 17.7. The summed E-state index contributed by atoms with van der Waals surface area (Å²) in [5, 5.41) is 5.68. The Morgan fingerprint density at radius 1 is 1.16 bits per heavy atom. The van der Waals surface area contributed by atoms with E-state index in [0.29, 0.717) is 19.4 Å². The second-order valence-corrected chi connectivity index (χ2v) is 7.11. The van der Waals surface area contributed by atoms with Crippen LogP contribution in [0.4, 0.5) is 10.5 Å². The highest BCUT2D eigenvalue weighted by Gasteiger charge is 2.40. The van der Waals surface area contributed by atoms with Crippen LogP contribution < -0.4 is 21.3 Å². The summed E-state index contributed by atoms with van der Waals surface area (Å²) in [4.78, 5) is 26.2. The van der Waals surface area contributed by atoms with Crippen molar-refractivity contribution in [3.05, 3.63) is 29.8 Å². The number of fused-ring (bicyclic) bond motifs is 1. The van der Waals surface area contributed by atoms with Crippen LogP contribution in [0.5, 0.6) is 0 Å². The molecule has 136 valence electrons. The first kappa shape index (κ1) is 17.6. The van der Waals surface area contributed by atoms with E-state index >= 15 is 0 Å². The highest BCUT2D eigenvalue weighted by molar-refractivity contribution is 5.90. The first-order valence-corrected chi connectivity index (χ1v) is 9.29. The number of carbonyl (C=O) groups is 2. The Morgan fingerprint density at radius 2 is 1.92 bits per heavy atom. The summed E-state index contributed by atoms with van der Waals surface area (Å²) in [5.41, 5.74) is 7.36. The van der Waals surface area contributed by atoms with Crippen LogP contribution in [0.2, 0.25) is 0 Å². The van der Waals surface area contributed by atoms with Crippen LogP contribution in [-0.2, 0) is 11.2 Å². The molecule has 3 amide bonds. The average Bonchev–Trinajstić information content (AvgIpc) is 3.08. The SMILES string of the molecule is NC(=O)C1(NC(=O)NCCCN2CCCc3ccccc32)CCCC1. The molecule has 6 heteroatoms. The van der Waals surface area contributed by atoms with Gasteiger partial charge in [-0.1, -0.05) is 31.0 Å². The predicted molar refractivity (Wildman–Crippen MR) is 98.5 cm³/mol. The largest absolute Gasteiger partial charge is 0.371 e. The quantitative estimate of drug-likeness (QED) is 0.689. The molecule has 1 saturated carbocycles. The van der Waals surface area contributed by atoms with Gasteiger partial charge in [0.1, 0.15) is 5.54 Å². The summed E-state index contributed by atoms with van der Waals surface area (Å²) >= 11 is 0. The summed E-state index contributed by atoms with van der Waals surface area (Å²) in [6.45, 7) is 2.56. The smallest absolute Gasteiger partial charge is 0.315 e. The molecule has 1 aromatic carbocycles. The maximum absolute atomic E-state index is 12.1. The van der Waals surface area contributed by atoms with Crippen LogP contribution in [0.3, 0.4) is 0 Å². The molecule has 0 radical (unpaired) electrons. The van der Waals surface area contributed by atoms with Crippen LogP contribution in [0.25, 0.3) is 0 Å². The Kier molecular flexibility index (Phi) is 5.46. The Labute approximate surface area is 149 Å². The van der Waals surface area contributed by atoms with Crippen molar-refractivity contribution in [2.75, 3.05) is 24.5 Å². The van der Waals surface area contributed by atoms with E-state index in [2.05, 4.69) is 39.8 Å². The van der Waals surface area contributed by atoms with Gasteiger partial charge in [0.2, 0.25) is 5.91 Å². The van der Waals surface area contributed by atoms with Crippen molar-refractivity contribution in [3.63, 3.8) is 0 Å². The molecule has 0 bridgehead atoms. The highest BCUT2D eigenvalue weighted by atomic mass is 16.2. The van der Waals surface area contributed by atoms with Gasteiger partial charge < -0.3 is 21.3 Å². The van der Waals surface area contributed by atoms with Crippen LogP contribution in [0, 0.1) is 0 Å². The van der Waals surface area contributed by atoms with E-state index in [-0.39, 0.29) is 6.03 Å². The van der Waals surface area contributed by atoms with Gasteiger partial charge in [0.05, 0.1) is 0 Å². The lowest BCUT2D eigenvalue weighted by Crippen LogP contribution is -2.58. The number of nitrogens with two attached hydrogens (primary N) is 1. The van der Waals surface area contributed by atoms with Crippen molar-refractivity contribution in [1.82, 2.24) is 10.6 Å². The second-order valence-electron chi connectivity index (χ2n) is 7.11. The van der Waals surface area contributed by atoms with E-state index in [9.17, 15) is 9.59 Å². The van der Waals surface area contributed by atoms with Crippen LogP contribution in [0.15, 0.2) is 24.3 Å². The van der Waals surface area contributed by atoms with E-state index in [4.69, 9.17) is 5.73 Å². The molecule has 0 spiro atoms. The Hall–Kier alpha value is -2.24. The third kappa shape index (κ3) is 4.06. The summed E-state index contributed by atoms with van der Waals surface area (Å²) in [5.74, 6) is -0.426. The first-order valence-electron chi connectivity index (χ1n) is 9.29. The molecule has 0 unspecified atom stereocenters. The maximum atomic E-state index is 12.1.